The van der Waals surface area contributed by atoms with Gasteiger partial charge in [-0.3, -0.25) is 4.79 Å². The molecule has 1 aromatic heterocycles. The Morgan fingerprint density at radius 3 is 2.88 bits per heavy atom. The van der Waals surface area contributed by atoms with E-state index in [4.69, 9.17) is 0 Å². The predicted octanol–water partition coefficient (Wildman–Crippen LogP) is 2.68. The molecule has 0 saturated heterocycles. The fraction of sp³-hybridized carbons (Fsp3) is 0.100. The monoisotopic (exact) mass is 222 g/mol. The van der Waals surface area contributed by atoms with E-state index in [1.54, 1.807) is 0 Å². The van der Waals surface area contributed by atoms with Gasteiger partial charge in [-0.15, -0.1) is 4.91 Å². The number of rotatable bonds is 4. The number of nitrogens with one attached hydrogen (secondary N) is 1. The minimum absolute atomic E-state index is 0.0778. The van der Waals surface area contributed by atoms with E-state index in [1.165, 1.54) is 18.2 Å². The Morgan fingerprint density at radius 1 is 1.44 bits per heavy atom. The number of aromatic nitrogens is 1. The third-order valence-electron chi connectivity index (χ3n) is 2.15. The number of aromatic amines is 1. The maximum absolute atomic E-state index is 12.0. The van der Waals surface area contributed by atoms with Crippen molar-refractivity contribution in [2.75, 3.05) is 6.86 Å². The van der Waals surface area contributed by atoms with Crippen LogP contribution in [0.1, 0.15) is 10.5 Å². The first kappa shape index (κ1) is 10.3. The van der Waals surface area contributed by atoms with Crippen molar-refractivity contribution in [2.24, 2.45) is 5.18 Å². The van der Waals surface area contributed by atoms with Crippen LogP contribution in [0.4, 0.5) is 10.1 Å². The summed E-state index contributed by atoms with van der Waals surface area (Å²) in [6, 6.07) is 4.36. The van der Waals surface area contributed by atoms with Crippen LogP contribution in [0.2, 0.25) is 0 Å². The topological polar surface area (TPSA) is 71.5 Å². The number of ether oxygens (including phenoxy) is 1. The van der Waals surface area contributed by atoms with Crippen molar-refractivity contribution < 1.29 is 13.9 Å². The average Bonchev–Trinajstić information content (AvgIpc) is 2.71. The summed E-state index contributed by atoms with van der Waals surface area (Å²) in [6.07, 6.45) is 0.615. The lowest BCUT2D eigenvalue weighted by molar-refractivity contribution is 0.112. The second kappa shape index (κ2) is 4.09. The van der Waals surface area contributed by atoms with Crippen molar-refractivity contribution in [3.8, 4) is 5.75 Å². The van der Waals surface area contributed by atoms with Gasteiger partial charge in [-0.2, -0.15) is 0 Å². The number of fused-ring (bicyclic) bond motifs is 1. The highest BCUT2D eigenvalue weighted by atomic mass is 19.1. The Bertz CT molecular complexity index is 550. The number of benzene rings is 1. The standard InChI is InChI=1S/C10H7FN2O3/c11-5-16-8-2-6-1-7(4-14)12-10(6)9(3-8)13-15/h1-4,12H,5H2. The van der Waals surface area contributed by atoms with Crippen molar-refractivity contribution in [3.05, 3.63) is 28.8 Å². The molecule has 1 N–H and O–H groups in total. The molecule has 0 radical (unpaired) electrons. The number of hydrogen-bond acceptors (Lipinski definition) is 4. The first-order chi connectivity index (χ1) is 7.78. The summed E-state index contributed by atoms with van der Waals surface area (Å²) in [6.45, 7) is -0.991. The zero-order chi connectivity index (χ0) is 11.5. The zero-order valence-corrected chi connectivity index (χ0v) is 8.07. The molecule has 0 fully saturated rings. The fourth-order valence-electron chi connectivity index (χ4n) is 1.50. The highest BCUT2D eigenvalue weighted by Gasteiger charge is 2.09. The van der Waals surface area contributed by atoms with E-state index in [0.717, 1.165) is 0 Å². The smallest absolute Gasteiger partial charge is 0.228 e. The number of hydrogen-bond donors (Lipinski definition) is 1. The number of H-pyrrole nitrogens is 1. The molecule has 0 aliphatic heterocycles. The van der Waals surface area contributed by atoms with Crippen LogP contribution in [0.15, 0.2) is 23.4 Å². The third-order valence-corrected chi connectivity index (χ3v) is 2.15. The van der Waals surface area contributed by atoms with Crippen molar-refractivity contribution in [1.29, 1.82) is 0 Å². The molecule has 5 nitrogen and oxygen atoms in total. The minimum atomic E-state index is -0.991. The van der Waals surface area contributed by atoms with Crippen molar-refractivity contribution in [2.45, 2.75) is 0 Å². The molecular formula is C10H7FN2O3. The molecule has 0 spiro atoms. The maximum Gasteiger partial charge on any atom is 0.228 e. The normalized spacial score (nSPS) is 10.3. The van der Waals surface area contributed by atoms with Crippen LogP contribution in [0.3, 0.4) is 0 Å². The predicted molar refractivity (Wildman–Crippen MR) is 55.7 cm³/mol. The Morgan fingerprint density at radius 2 is 2.25 bits per heavy atom. The molecule has 2 rings (SSSR count). The number of halogens is 1. The molecule has 82 valence electrons. The molecule has 0 aliphatic rings. The fourth-order valence-corrected chi connectivity index (χ4v) is 1.50. The van der Waals surface area contributed by atoms with E-state index in [0.29, 0.717) is 22.9 Å². The number of carbonyl (C=O) groups excluding carboxylic acids is 1. The van der Waals surface area contributed by atoms with Crippen LogP contribution in [-0.4, -0.2) is 18.1 Å². The Balaban J connectivity index is 2.65. The maximum atomic E-state index is 12.0. The van der Waals surface area contributed by atoms with Gasteiger partial charge in [0.15, 0.2) is 6.29 Å². The Hall–Kier alpha value is -2.24. The molecule has 0 amide bonds. The van der Waals surface area contributed by atoms with Gasteiger partial charge >= 0.3 is 0 Å². The van der Waals surface area contributed by atoms with Crippen molar-refractivity contribution >= 4 is 22.9 Å². The second-order valence-electron chi connectivity index (χ2n) is 3.09. The van der Waals surface area contributed by atoms with Gasteiger partial charge in [-0.1, -0.05) is 0 Å². The van der Waals surface area contributed by atoms with Gasteiger partial charge < -0.3 is 9.72 Å². The molecule has 1 heterocycles. The Labute approximate surface area is 89.2 Å². The SMILES string of the molecule is O=Cc1cc2cc(OCF)cc(N=O)c2[nH]1. The summed E-state index contributed by atoms with van der Waals surface area (Å²) in [7, 11) is 0. The molecule has 0 unspecified atom stereocenters. The lowest BCUT2D eigenvalue weighted by Crippen LogP contribution is -1.89. The van der Waals surface area contributed by atoms with Gasteiger partial charge in [0.05, 0.1) is 11.2 Å². The van der Waals surface area contributed by atoms with Gasteiger partial charge in [0.25, 0.3) is 0 Å². The largest absolute Gasteiger partial charge is 0.463 e. The lowest BCUT2D eigenvalue weighted by Gasteiger charge is -2.01. The number of nitrogens with zero attached hydrogens (tertiary/aromatic N) is 1. The van der Waals surface area contributed by atoms with Gasteiger partial charge in [-0.25, -0.2) is 4.39 Å². The minimum Gasteiger partial charge on any atom is -0.463 e. The summed E-state index contributed by atoms with van der Waals surface area (Å²) >= 11 is 0. The molecule has 0 atom stereocenters. The van der Waals surface area contributed by atoms with Crippen LogP contribution in [-0.2, 0) is 0 Å². The summed E-state index contributed by atoms with van der Waals surface area (Å²) < 4.78 is 16.6. The molecule has 0 bridgehead atoms. The molecule has 1 aromatic carbocycles. The van der Waals surface area contributed by atoms with E-state index in [-0.39, 0.29) is 11.4 Å². The van der Waals surface area contributed by atoms with Crippen LogP contribution < -0.4 is 4.74 Å². The van der Waals surface area contributed by atoms with E-state index >= 15 is 0 Å². The van der Waals surface area contributed by atoms with E-state index in [2.05, 4.69) is 14.9 Å². The van der Waals surface area contributed by atoms with Gasteiger partial charge in [-0.05, 0) is 17.3 Å². The zero-order valence-electron chi connectivity index (χ0n) is 8.07. The van der Waals surface area contributed by atoms with E-state index in [1.807, 2.05) is 0 Å². The number of carbonyl (C=O) groups is 1. The Kier molecular flexibility index (Phi) is 2.63. The lowest BCUT2D eigenvalue weighted by atomic mass is 10.2. The first-order valence-electron chi connectivity index (χ1n) is 4.42. The second-order valence-corrected chi connectivity index (χ2v) is 3.09. The van der Waals surface area contributed by atoms with Crippen LogP contribution in [0, 0.1) is 4.91 Å². The number of aldehydes is 1. The molecule has 0 aliphatic carbocycles. The molecule has 2 aromatic rings. The van der Waals surface area contributed by atoms with Crippen LogP contribution >= 0.6 is 0 Å². The molecule has 0 saturated carbocycles. The van der Waals surface area contributed by atoms with Gasteiger partial charge in [0.2, 0.25) is 6.86 Å². The summed E-state index contributed by atoms with van der Waals surface area (Å²) in [4.78, 5) is 23.8. The quantitative estimate of drug-likeness (QED) is 0.638. The highest BCUT2D eigenvalue weighted by Crippen LogP contribution is 2.31. The summed E-state index contributed by atoms with van der Waals surface area (Å²) in [5.41, 5.74) is 0.828. The molecular weight excluding hydrogens is 215 g/mol. The van der Waals surface area contributed by atoms with E-state index in [9.17, 15) is 14.1 Å². The van der Waals surface area contributed by atoms with E-state index < -0.39 is 6.86 Å². The van der Waals surface area contributed by atoms with Crippen LogP contribution in [0.25, 0.3) is 10.9 Å². The number of alkyl halides is 1. The number of nitroso groups, excluding NO2 is 1. The van der Waals surface area contributed by atoms with Crippen molar-refractivity contribution in [1.82, 2.24) is 4.98 Å². The summed E-state index contributed by atoms with van der Waals surface area (Å²) in [5.74, 6) is 0.195. The molecule has 6 heteroatoms. The highest BCUT2D eigenvalue weighted by molar-refractivity contribution is 5.95. The van der Waals surface area contributed by atoms with Crippen LogP contribution in [0.5, 0.6) is 5.75 Å². The average molecular weight is 222 g/mol. The summed E-state index contributed by atoms with van der Waals surface area (Å²) in [5, 5.41) is 3.36. The van der Waals surface area contributed by atoms with Gasteiger partial charge in [0.1, 0.15) is 11.4 Å². The van der Waals surface area contributed by atoms with Crippen molar-refractivity contribution in [3.63, 3.8) is 0 Å². The first-order valence-corrected chi connectivity index (χ1v) is 4.42. The molecule has 16 heavy (non-hydrogen) atoms. The third kappa shape index (κ3) is 1.65. The van der Waals surface area contributed by atoms with Gasteiger partial charge in [0, 0.05) is 11.5 Å².